The lowest BCUT2D eigenvalue weighted by Gasteiger charge is -2.33. The number of anilines is 1. The second-order valence-electron chi connectivity index (χ2n) is 6.29. The Hall–Kier alpha value is -2.57. The largest absolute Gasteiger partial charge is 0.360 e. The predicted molar refractivity (Wildman–Crippen MR) is 88.6 cm³/mol. The predicted octanol–water partition coefficient (Wildman–Crippen LogP) is 2.20. The lowest BCUT2D eigenvalue weighted by atomic mass is 10.0. The molecule has 1 N–H and O–H groups in total. The number of carbonyl (C=O) groups is 2. The van der Waals surface area contributed by atoms with Crippen molar-refractivity contribution < 1.29 is 14.1 Å². The molecule has 0 aliphatic carbocycles. The number of nitrogens with zero attached hydrogens (tertiary/aromatic N) is 3. The van der Waals surface area contributed by atoms with Crippen molar-refractivity contribution in [2.45, 2.75) is 39.7 Å². The van der Waals surface area contributed by atoms with Crippen LogP contribution in [-0.2, 0) is 9.59 Å². The highest BCUT2D eigenvalue weighted by Crippen LogP contribution is 2.26. The number of rotatable bonds is 2. The van der Waals surface area contributed by atoms with Crippen molar-refractivity contribution in [2.75, 3.05) is 18.4 Å². The molecule has 2 amide bonds. The van der Waals surface area contributed by atoms with E-state index in [1.54, 1.807) is 17.9 Å². The van der Waals surface area contributed by atoms with Gasteiger partial charge in [0, 0.05) is 36.6 Å². The second-order valence-corrected chi connectivity index (χ2v) is 6.29. The molecule has 1 fully saturated rings. The van der Waals surface area contributed by atoms with Gasteiger partial charge in [-0.3, -0.25) is 14.9 Å². The molecule has 7 nitrogen and oxygen atoms in total. The molecular weight excluding hydrogens is 308 g/mol. The fraction of sp³-hybridized carbons (Fsp3) is 0.471. The Labute approximate surface area is 140 Å². The first kappa shape index (κ1) is 16.3. The maximum atomic E-state index is 12.3. The van der Waals surface area contributed by atoms with Gasteiger partial charge >= 0.3 is 11.8 Å². The van der Waals surface area contributed by atoms with Crippen molar-refractivity contribution in [2.24, 2.45) is 0 Å². The Morgan fingerprint density at radius 1 is 1.17 bits per heavy atom. The van der Waals surface area contributed by atoms with Gasteiger partial charge in [-0.15, -0.1) is 0 Å². The van der Waals surface area contributed by atoms with Gasteiger partial charge in [0.15, 0.2) is 5.82 Å². The summed E-state index contributed by atoms with van der Waals surface area (Å²) >= 11 is 0. The van der Waals surface area contributed by atoms with Crippen LogP contribution in [0, 0.1) is 20.8 Å². The summed E-state index contributed by atoms with van der Waals surface area (Å²) in [7, 11) is 0. The highest BCUT2D eigenvalue weighted by atomic mass is 16.5. The van der Waals surface area contributed by atoms with Gasteiger partial charge in [-0.2, -0.15) is 0 Å². The van der Waals surface area contributed by atoms with E-state index in [1.807, 2.05) is 0 Å². The van der Waals surface area contributed by atoms with E-state index in [1.165, 1.54) is 11.4 Å². The van der Waals surface area contributed by atoms with E-state index >= 15 is 0 Å². The minimum absolute atomic E-state index is 0.263. The standard InChI is InChI=1S/C17H22N4O3/c1-11-4-5-12(2)21(11)14-6-8-20(9-7-14)17(23)16(22)18-15-10-13(3)24-19-15/h4-5,10,14H,6-9H2,1-3H3,(H,18,19,22). The van der Waals surface area contributed by atoms with Gasteiger partial charge in [0.05, 0.1) is 0 Å². The topological polar surface area (TPSA) is 80.4 Å². The summed E-state index contributed by atoms with van der Waals surface area (Å²) in [6, 6.07) is 6.18. The Bertz CT molecular complexity index is 734. The summed E-state index contributed by atoms with van der Waals surface area (Å²) in [6.07, 6.45) is 1.69. The number of hydrogen-bond acceptors (Lipinski definition) is 4. The maximum absolute atomic E-state index is 12.3. The number of carbonyl (C=O) groups excluding carboxylic acids is 2. The Morgan fingerprint density at radius 2 is 1.79 bits per heavy atom. The monoisotopic (exact) mass is 330 g/mol. The van der Waals surface area contributed by atoms with Crippen LogP contribution in [0.4, 0.5) is 5.82 Å². The highest BCUT2D eigenvalue weighted by molar-refractivity contribution is 6.39. The molecule has 128 valence electrons. The van der Waals surface area contributed by atoms with Crippen molar-refractivity contribution in [3.8, 4) is 0 Å². The molecule has 1 aliphatic heterocycles. The zero-order chi connectivity index (χ0) is 17.3. The lowest BCUT2D eigenvalue weighted by Crippen LogP contribution is -2.44. The Morgan fingerprint density at radius 3 is 2.33 bits per heavy atom. The maximum Gasteiger partial charge on any atom is 0.315 e. The van der Waals surface area contributed by atoms with Crippen LogP contribution in [0.1, 0.15) is 36.0 Å². The molecule has 2 aromatic rings. The number of aryl methyl sites for hydroxylation is 3. The molecule has 1 saturated heterocycles. The summed E-state index contributed by atoms with van der Waals surface area (Å²) in [5.41, 5.74) is 2.47. The average Bonchev–Trinajstić information content (AvgIpc) is 3.12. The first-order chi connectivity index (χ1) is 11.5. The highest BCUT2D eigenvalue weighted by Gasteiger charge is 2.28. The van der Waals surface area contributed by atoms with E-state index in [0.717, 1.165) is 12.8 Å². The summed E-state index contributed by atoms with van der Waals surface area (Å²) in [5, 5.41) is 6.14. The van der Waals surface area contributed by atoms with Crippen molar-refractivity contribution in [3.63, 3.8) is 0 Å². The van der Waals surface area contributed by atoms with Crippen molar-refractivity contribution in [3.05, 3.63) is 35.3 Å². The van der Waals surface area contributed by atoms with Crippen LogP contribution in [-0.4, -0.2) is 39.5 Å². The SMILES string of the molecule is Cc1cc(NC(=O)C(=O)N2CCC(n3c(C)ccc3C)CC2)no1. The average molecular weight is 330 g/mol. The van der Waals surface area contributed by atoms with E-state index in [4.69, 9.17) is 4.52 Å². The molecule has 0 spiro atoms. The molecule has 1 aliphatic rings. The van der Waals surface area contributed by atoms with Crippen LogP contribution in [0.3, 0.4) is 0 Å². The van der Waals surface area contributed by atoms with E-state index < -0.39 is 11.8 Å². The molecule has 3 rings (SSSR count). The van der Waals surface area contributed by atoms with Gasteiger partial charge in [-0.1, -0.05) is 5.16 Å². The molecule has 0 aromatic carbocycles. The van der Waals surface area contributed by atoms with Gasteiger partial charge < -0.3 is 14.0 Å². The number of nitrogens with one attached hydrogen (secondary N) is 1. The van der Waals surface area contributed by atoms with E-state index in [2.05, 4.69) is 41.0 Å². The zero-order valence-electron chi connectivity index (χ0n) is 14.2. The molecule has 7 heteroatoms. The molecular formula is C17H22N4O3. The molecule has 24 heavy (non-hydrogen) atoms. The molecule has 3 heterocycles. The first-order valence-corrected chi connectivity index (χ1v) is 8.13. The van der Waals surface area contributed by atoms with Crippen molar-refractivity contribution >= 4 is 17.6 Å². The number of piperidine rings is 1. The molecule has 0 unspecified atom stereocenters. The van der Waals surface area contributed by atoms with E-state index in [-0.39, 0.29) is 5.82 Å². The van der Waals surface area contributed by atoms with Crippen LogP contribution in [0.15, 0.2) is 22.7 Å². The van der Waals surface area contributed by atoms with Gasteiger partial charge in [-0.05, 0) is 45.7 Å². The van der Waals surface area contributed by atoms with Crippen LogP contribution in [0.2, 0.25) is 0 Å². The smallest absolute Gasteiger partial charge is 0.315 e. The zero-order valence-corrected chi connectivity index (χ0v) is 14.2. The van der Waals surface area contributed by atoms with Gasteiger partial charge in [-0.25, -0.2) is 0 Å². The lowest BCUT2D eigenvalue weighted by molar-refractivity contribution is -0.144. The molecule has 0 bridgehead atoms. The number of amides is 2. The number of aromatic nitrogens is 2. The van der Waals surface area contributed by atoms with Gasteiger partial charge in [0.25, 0.3) is 0 Å². The van der Waals surface area contributed by atoms with Crippen LogP contribution in [0.25, 0.3) is 0 Å². The Balaban J connectivity index is 1.58. The summed E-state index contributed by atoms with van der Waals surface area (Å²) in [5.74, 6) is -0.347. The second kappa shape index (κ2) is 6.51. The minimum atomic E-state index is -0.671. The fourth-order valence-corrected chi connectivity index (χ4v) is 3.32. The van der Waals surface area contributed by atoms with Gasteiger partial charge in [0.2, 0.25) is 0 Å². The summed E-state index contributed by atoms with van der Waals surface area (Å²) in [4.78, 5) is 25.9. The third kappa shape index (κ3) is 3.20. The van der Waals surface area contributed by atoms with Crippen LogP contribution < -0.4 is 5.32 Å². The molecule has 0 saturated carbocycles. The van der Waals surface area contributed by atoms with Crippen molar-refractivity contribution in [1.82, 2.24) is 14.6 Å². The minimum Gasteiger partial charge on any atom is -0.360 e. The van der Waals surface area contributed by atoms with E-state index in [0.29, 0.717) is 24.9 Å². The van der Waals surface area contributed by atoms with Crippen LogP contribution >= 0.6 is 0 Å². The van der Waals surface area contributed by atoms with Crippen LogP contribution in [0.5, 0.6) is 0 Å². The first-order valence-electron chi connectivity index (χ1n) is 8.13. The number of hydrogen-bond donors (Lipinski definition) is 1. The molecule has 2 aromatic heterocycles. The Kier molecular flexibility index (Phi) is 4.42. The molecule has 0 atom stereocenters. The third-order valence-electron chi connectivity index (χ3n) is 4.51. The summed E-state index contributed by atoms with van der Waals surface area (Å²) in [6.45, 7) is 7.06. The quantitative estimate of drug-likeness (QED) is 0.856. The third-order valence-corrected chi connectivity index (χ3v) is 4.51. The normalized spacial score (nSPS) is 15.5. The van der Waals surface area contributed by atoms with E-state index in [9.17, 15) is 9.59 Å². The summed E-state index contributed by atoms with van der Waals surface area (Å²) < 4.78 is 7.20. The van der Waals surface area contributed by atoms with Gasteiger partial charge in [0.1, 0.15) is 5.76 Å². The molecule has 0 radical (unpaired) electrons. The fourth-order valence-electron chi connectivity index (χ4n) is 3.32. The van der Waals surface area contributed by atoms with Crippen molar-refractivity contribution in [1.29, 1.82) is 0 Å². The number of likely N-dealkylation sites (tertiary alicyclic amines) is 1.